The number of rotatable bonds is 7. The smallest absolute Gasteiger partial charge is 0.0916 e. The van der Waals surface area contributed by atoms with Crippen molar-refractivity contribution in [1.82, 2.24) is 9.88 Å². The number of aliphatic hydroxyl groups is 1. The third kappa shape index (κ3) is 4.93. The van der Waals surface area contributed by atoms with Gasteiger partial charge >= 0.3 is 0 Å². The van der Waals surface area contributed by atoms with Gasteiger partial charge in [0.1, 0.15) is 0 Å². The van der Waals surface area contributed by atoms with E-state index in [2.05, 4.69) is 9.88 Å². The molecule has 0 spiro atoms. The SMILES string of the molecule is CN(CCc1ccccn1)CC(O)c1ccc(CN)cc1. The van der Waals surface area contributed by atoms with Crippen molar-refractivity contribution in [2.24, 2.45) is 5.73 Å². The van der Waals surface area contributed by atoms with Crippen LogP contribution in [0.2, 0.25) is 0 Å². The minimum absolute atomic E-state index is 0.481. The van der Waals surface area contributed by atoms with Crippen LogP contribution in [0.5, 0.6) is 0 Å². The highest BCUT2D eigenvalue weighted by atomic mass is 16.3. The molecular formula is C17H23N3O. The summed E-state index contributed by atoms with van der Waals surface area (Å²) in [7, 11) is 2.01. The highest BCUT2D eigenvalue weighted by Gasteiger charge is 2.10. The van der Waals surface area contributed by atoms with Crippen molar-refractivity contribution in [2.45, 2.75) is 19.1 Å². The molecule has 3 N–H and O–H groups in total. The van der Waals surface area contributed by atoms with Gasteiger partial charge in [-0.25, -0.2) is 0 Å². The zero-order chi connectivity index (χ0) is 15.1. The summed E-state index contributed by atoms with van der Waals surface area (Å²) in [5.74, 6) is 0. The fourth-order valence-electron chi connectivity index (χ4n) is 2.22. The lowest BCUT2D eigenvalue weighted by Gasteiger charge is -2.20. The van der Waals surface area contributed by atoms with Crippen molar-refractivity contribution in [1.29, 1.82) is 0 Å². The van der Waals surface area contributed by atoms with Gasteiger partial charge in [0.2, 0.25) is 0 Å². The zero-order valence-corrected chi connectivity index (χ0v) is 12.4. The number of aromatic nitrogens is 1. The van der Waals surface area contributed by atoms with Crippen LogP contribution in [0.3, 0.4) is 0 Å². The van der Waals surface area contributed by atoms with Crippen LogP contribution >= 0.6 is 0 Å². The number of hydrogen-bond donors (Lipinski definition) is 2. The van der Waals surface area contributed by atoms with E-state index < -0.39 is 6.10 Å². The largest absolute Gasteiger partial charge is 0.387 e. The van der Waals surface area contributed by atoms with Crippen LogP contribution in [0.15, 0.2) is 48.7 Å². The second kappa shape index (κ2) is 7.88. The molecule has 0 fully saturated rings. The van der Waals surface area contributed by atoms with Gasteiger partial charge in [0.05, 0.1) is 6.10 Å². The minimum atomic E-state index is -0.481. The van der Waals surface area contributed by atoms with E-state index in [1.54, 1.807) is 0 Å². The van der Waals surface area contributed by atoms with Gasteiger partial charge in [-0.2, -0.15) is 0 Å². The predicted octanol–water partition coefficient (Wildman–Crippen LogP) is 1.75. The average molecular weight is 285 g/mol. The molecule has 0 aliphatic carbocycles. The van der Waals surface area contributed by atoms with E-state index >= 15 is 0 Å². The van der Waals surface area contributed by atoms with Gasteiger partial charge in [0.25, 0.3) is 0 Å². The maximum atomic E-state index is 10.3. The number of benzene rings is 1. The van der Waals surface area contributed by atoms with Crippen LogP contribution < -0.4 is 5.73 Å². The third-order valence-corrected chi connectivity index (χ3v) is 3.56. The molecule has 4 nitrogen and oxygen atoms in total. The Hall–Kier alpha value is -1.75. The normalized spacial score (nSPS) is 12.6. The Labute approximate surface area is 126 Å². The second-order valence-corrected chi connectivity index (χ2v) is 5.29. The number of hydrogen-bond acceptors (Lipinski definition) is 4. The first-order valence-electron chi connectivity index (χ1n) is 7.24. The molecule has 4 heteroatoms. The summed E-state index contributed by atoms with van der Waals surface area (Å²) in [6.45, 7) is 2.00. The Kier molecular flexibility index (Phi) is 5.87. The predicted molar refractivity (Wildman–Crippen MR) is 84.7 cm³/mol. The summed E-state index contributed by atoms with van der Waals surface area (Å²) >= 11 is 0. The topological polar surface area (TPSA) is 62.4 Å². The van der Waals surface area contributed by atoms with E-state index in [4.69, 9.17) is 5.73 Å². The average Bonchev–Trinajstić information content (AvgIpc) is 2.54. The van der Waals surface area contributed by atoms with E-state index in [-0.39, 0.29) is 0 Å². The quantitative estimate of drug-likeness (QED) is 0.813. The molecule has 21 heavy (non-hydrogen) atoms. The molecule has 0 saturated carbocycles. The monoisotopic (exact) mass is 285 g/mol. The van der Waals surface area contributed by atoms with Crippen molar-refractivity contribution in [3.8, 4) is 0 Å². The molecule has 1 aromatic heterocycles. The van der Waals surface area contributed by atoms with Crippen LogP contribution in [0.4, 0.5) is 0 Å². The molecule has 1 unspecified atom stereocenters. The summed E-state index contributed by atoms with van der Waals surface area (Å²) in [6.07, 6.45) is 2.21. The Morgan fingerprint density at radius 1 is 1.19 bits per heavy atom. The van der Waals surface area contributed by atoms with Gasteiger partial charge in [0.15, 0.2) is 0 Å². The van der Waals surface area contributed by atoms with Crippen molar-refractivity contribution in [3.63, 3.8) is 0 Å². The Balaban J connectivity index is 1.82. The number of pyridine rings is 1. The van der Waals surface area contributed by atoms with E-state index in [1.807, 2.05) is 55.7 Å². The standard InChI is InChI=1S/C17H23N3O/c1-20(11-9-16-4-2-3-10-19-16)13-17(21)15-7-5-14(12-18)6-8-15/h2-8,10,17,21H,9,11-13,18H2,1H3. The number of nitrogens with two attached hydrogens (primary N) is 1. The molecule has 1 atom stereocenters. The van der Waals surface area contributed by atoms with Crippen molar-refractivity contribution < 1.29 is 5.11 Å². The van der Waals surface area contributed by atoms with Gasteiger partial charge in [-0.15, -0.1) is 0 Å². The van der Waals surface area contributed by atoms with Crippen LogP contribution in [-0.2, 0) is 13.0 Å². The highest BCUT2D eigenvalue weighted by molar-refractivity contribution is 5.24. The van der Waals surface area contributed by atoms with E-state index in [9.17, 15) is 5.11 Å². The first kappa shape index (κ1) is 15.6. The van der Waals surface area contributed by atoms with Crippen LogP contribution in [0, 0.1) is 0 Å². The molecule has 0 aliphatic heterocycles. The van der Waals surface area contributed by atoms with Crippen LogP contribution in [0.25, 0.3) is 0 Å². The van der Waals surface area contributed by atoms with Crippen molar-refractivity contribution >= 4 is 0 Å². The molecular weight excluding hydrogens is 262 g/mol. The van der Waals surface area contributed by atoms with Crippen molar-refractivity contribution in [2.75, 3.05) is 20.1 Å². The van der Waals surface area contributed by atoms with Crippen molar-refractivity contribution in [3.05, 3.63) is 65.5 Å². The summed E-state index contributed by atoms with van der Waals surface area (Å²) in [4.78, 5) is 6.43. The molecule has 0 amide bonds. The molecule has 1 heterocycles. The van der Waals surface area contributed by atoms with Gasteiger partial charge in [-0.3, -0.25) is 4.98 Å². The number of nitrogens with zero attached hydrogens (tertiary/aromatic N) is 2. The molecule has 0 bridgehead atoms. The fraction of sp³-hybridized carbons (Fsp3) is 0.353. The van der Waals surface area contributed by atoms with Gasteiger partial charge in [0, 0.05) is 37.9 Å². The third-order valence-electron chi connectivity index (χ3n) is 3.56. The summed E-state index contributed by atoms with van der Waals surface area (Å²) < 4.78 is 0. The summed E-state index contributed by atoms with van der Waals surface area (Å²) in [5, 5.41) is 10.3. The van der Waals surface area contributed by atoms with E-state index in [0.717, 1.165) is 29.8 Å². The molecule has 112 valence electrons. The molecule has 0 radical (unpaired) electrons. The lowest BCUT2D eigenvalue weighted by molar-refractivity contribution is 0.127. The zero-order valence-electron chi connectivity index (χ0n) is 12.4. The second-order valence-electron chi connectivity index (χ2n) is 5.29. The van der Waals surface area contributed by atoms with E-state index in [1.165, 1.54) is 0 Å². The lowest BCUT2D eigenvalue weighted by atomic mass is 10.1. The number of aliphatic hydroxyl groups excluding tert-OH is 1. The molecule has 2 aromatic rings. The molecule has 0 aliphatic rings. The summed E-state index contributed by atoms with van der Waals surface area (Å²) in [6, 6.07) is 13.8. The Bertz CT molecular complexity index is 527. The van der Waals surface area contributed by atoms with Crippen LogP contribution in [0.1, 0.15) is 22.9 Å². The Morgan fingerprint density at radius 2 is 1.95 bits per heavy atom. The van der Waals surface area contributed by atoms with Gasteiger partial charge < -0.3 is 15.7 Å². The van der Waals surface area contributed by atoms with Crippen LogP contribution in [-0.4, -0.2) is 35.1 Å². The summed E-state index contributed by atoms with van der Waals surface area (Å²) in [5.41, 5.74) is 8.66. The maximum Gasteiger partial charge on any atom is 0.0916 e. The highest BCUT2D eigenvalue weighted by Crippen LogP contribution is 2.15. The lowest BCUT2D eigenvalue weighted by Crippen LogP contribution is -2.27. The van der Waals surface area contributed by atoms with E-state index in [0.29, 0.717) is 13.1 Å². The fourth-order valence-corrected chi connectivity index (χ4v) is 2.22. The molecule has 2 rings (SSSR count). The number of likely N-dealkylation sites (N-methyl/N-ethyl adjacent to an activating group) is 1. The Morgan fingerprint density at radius 3 is 2.57 bits per heavy atom. The first-order chi connectivity index (χ1) is 10.2. The van der Waals surface area contributed by atoms with Gasteiger partial charge in [-0.05, 0) is 30.3 Å². The molecule has 1 aromatic carbocycles. The first-order valence-corrected chi connectivity index (χ1v) is 7.24. The van der Waals surface area contributed by atoms with Gasteiger partial charge in [-0.1, -0.05) is 30.3 Å². The minimum Gasteiger partial charge on any atom is -0.387 e. The molecule has 0 saturated heterocycles. The maximum absolute atomic E-state index is 10.3.